The molecule has 4 heteroatoms. The minimum atomic E-state index is -4.92. The fourth-order valence-corrected chi connectivity index (χ4v) is 1.30. The second kappa shape index (κ2) is 8.14. The van der Waals surface area contributed by atoms with E-state index in [2.05, 4.69) is 0 Å². The summed E-state index contributed by atoms with van der Waals surface area (Å²) in [5, 5.41) is 10.8. The first-order valence-electron chi connectivity index (χ1n) is 18.4. The van der Waals surface area contributed by atoms with Gasteiger partial charge in [-0.3, -0.25) is 4.79 Å². The number of nitrogens with one attached hydrogen (secondary N) is 1. The van der Waals surface area contributed by atoms with Crippen LogP contribution in [-0.4, -0.2) is 23.0 Å². The van der Waals surface area contributed by atoms with Crippen LogP contribution in [0.3, 0.4) is 0 Å². The lowest BCUT2D eigenvalue weighted by Gasteiger charge is -2.30. The van der Waals surface area contributed by atoms with E-state index in [1.54, 1.807) is 0 Å². The molecule has 1 fully saturated rings. The molecule has 126 valence electrons. The van der Waals surface area contributed by atoms with Crippen LogP contribution in [0.25, 0.3) is 0 Å². The highest BCUT2D eigenvalue weighted by Crippen LogP contribution is 2.33. The van der Waals surface area contributed by atoms with Crippen LogP contribution in [-0.2, 0) is 16.0 Å². The molecule has 1 aromatic carbocycles. The molecule has 1 atom stereocenters. The molecule has 2 rings (SSSR count). The molecule has 0 bridgehead atoms. The predicted octanol–water partition coefficient (Wildman–Crippen LogP) is 3.26. The van der Waals surface area contributed by atoms with Gasteiger partial charge < -0.3 is 10.4 Å². The molecule has 23 heavy (non-hydrogen) atoms. The predicted molar refractivity (Wildman–Crippen MR) is 90.0 cm³/mol. The summed E-state index contributed by atoms with van der Waals surface area (Å²) < 4.78 is 203. The Morgan fingerprint density at radius 3 is 2.65 bits per heavy atom. The normalized spacial score (nSPS) is 57.1. The Kier molecular flexibility index (Phi) is 1.37. The second-order valence-electron chi connectivity index (χ2n) is 3.88. The monoisotopic (exact) mass is 342 g/mol. The van der Waals surface area contributed by atoms with Gasteiger partial charge in [-0.25, -0.2) is 4.79 Å². The van der Waals surface area contributed by atoms with Gasteiger partial charge >= 0.3 is 5.97 Å². The van der Waals surface area contributed by atoms with Crippen LogP contribution in [0.1, 0.15) is 79.0 Å². The van der Waals surface area contributed by atoms with Crippen LogP contribution in [0, 0.1) is 17.7 Å². The van der Waals surface area contributed by atoms with Crippen molar-refractivity contribution in [3.8, 4) is 0 Å². The summed E-state index contributed by atoms with van der Waals surface area (Å²) in [6.07, 6.45) is -23.7. The maximum atomic E-state index is 13.7. The molecule has 0 heterocycles. The second-order valence-corrected chi connectivity index (χ2v) is 3.88. The van der Waals surface area contributed by atoms with Crippen molar-refractivity contribution >= 4 is 11.9 Å². The number of carboxylic acid groups (broad SMARTS) is 1. The quantitative estimate of drug-likeness (QED) is 0.834. The van der Waals surface area contributed by atoms with Gasteiger partial charge in [0.25, 0.3) is 0 Å². The molecule has 1 aromatic rings. The van der Waals surface area contributed by atoms with Gasteiger partial charge in [0.05, 0.1) is 8.22 Å². The molecule has 1 saturated carbocycles. The smallest absolute Gasteiger partial charge is 0.326 e. The van der Waals surface area contributed by atoms with Gasteiger partial charge in [-0.1, -0.05) is 43.9 Å². The third-order valence-corrected chi connectivity index (χ3v) is 2.30. The number of aliphatic carboxylic acids is 1. The van der Waals surface area contributed by atoms with Crippen molar-refractivity contribution in [3.63, 3.8) is 0 Å². The lowest BCUT2D eigenvalue weighted by molar-refractivity contribution is -0.142. The number of carboxylic acids is 1. The Morgan fingerprint density at radius 1 is 1.43 bits per heavy atom. The molecule has 0 aliphatic heterocycles. The molecule has 0 spiro atoms. The van der Waals surface area contributed by atoms with Gasteiger partial charge in [-0.15, -0.1) is 0 Å². The summed E-state index contributed by atoms with van der Waals surface area (Å²) in [5.41, 5.74) is -1.59. The van der Waals surface area contributed by atoms with E-state index in [0.717, 1.165) is 5.32 Å². The molecular formula is C19H27NO3. The van der Waals surface area contributed by atoms with Crippen molar-refractivity contribution in [2.45, 2.75) is 51.6 Å². The van der Waals surface area contributed by atoms with E-state index in [1.807, 2.05) is 0 Å². The molecule has 2 N–H and O–H groups in total. The Balaban J connectivity index is 3.06. The topological polar surface area (TPSA) is 66.4 Å². The molecule has 1 amide bonds. The van der Waals surface area contributed by atoms with Crippen molar-refractivity contribution < 1.29 is 49.0 Å². The standard InChI is InChI=1S/C19H27NO3/c1-13(2)15-8-10-16(11-9-15)18(21)20-17(19(22)23)12-14-6-4-3-5-7-14/h3-7,13,15-17H,8-12H2,1-2H3,(H,20,21)(H,22,23)/t15?,16?,17-/m0/s1/i1D3,2D3,3D,4D,5D,6D,7D,8D2,9D2,10D2,11D2,12D2,13D,15D,16D,17D. The van der Waals surface area contributed by atoms with Crippen LogP contribution in [0.2, 0.25) is 0 Å². The van der Waals surface area contributed by atoms with Gasteiger partial charge in [0.15, 0.2) is 0 Å². The third-order valence-electron chi connectivity index (χ3n) is 2.30. The fourth-order valence-electron chi connectivity index (χ4n) is 1.30. The van der Waals surface area contributed by atoms with E-state index in [4.69, 9.17) is 34.3 Å². The van der Waals surface area contributed by atoms with Crippen LogP contribution in [0.5, 0.6) is 0 Å². The highest BCUT2D eigenvalue weighted by molar-refractivity contribution is 5.85. The Hall–Kier alpha value is -1.84. The van der Waals surface area contributed by atoms with E-state index >= 15 is 0 Å². The number of carbonyl (C=O) groups excluding carboxylic acids is 1. The molecule has 0 radical (unpaired) electrons. The summed E-state index contributed by atoms with van der Waals surface area (Å²) in [5.74, 6) is -20.2. The molecular weight excluding hydrogens is 290 g/mol. The van der Waals surface area contributed by atoms with E-state index < -0.39 is 117 Å². The van der Waals surface area contributed by atoms with E-state index in [0.29, 0.717) is 0 Å². The van der Waals surface area contributed by atoms with Gasteiger partial charge in [-0.05, 0) is 42.8 Å². The third kappa shape index (κ3) is 5.08. The first-order chi connectivity index (χ1) is 20.7. The molecule has 1 aliphatic carbocycles. The Labute approximate surface area is 173 Å². The van der Waals surface area contributed by atoms with Crippen LogP contribution in [0.4, 0.5) is 0 Å². The van der Waals surface area contributed by atoms with Crippen LogP contribution >= 0.6 is 0 Å². The molecule has 0 unspecified atom stereocenters. The summed E-state index contributed by atoms with van der Waals surface area (Å²) in [7, 11) is 0. The van der Waals surface area contributed by atoms with Crippen LogP contribution < -0.4 is 5.32 Å². The van der Waals surface area contributed by atoms with E-state index in [-0.39, 0.29) is 0 Å². The molecule has 4 nitrogen and oxygen atoms in total. The number of hydrogen-bond acceptors (Lipinski definition) is 2. The minimum Gasteiger partial charge on any atom is -0.480 e. The van der Waals surface area contributed by atoms with Gasteiger partial charge in [0.2, 0.25) is 5.91 Å². The lowest BCUT2D eigenvalue weighted by Crippen LogP contribution is -2.45. The fraction of sp³-hybridized carbons (Fsp3) is 0.579. The average Bonchev–Trinajstić information content (AvgIpc) is 2.90. The average molecular weight is 343 g/mol. The van der Waals surface area contributed by atoms with Gasteiger partial charge in [-0.2, -0.15) is 0 Å². The Morgan fingerprint density at radius 2 is 2.09 bits per heavy atom. The number of hydrogen-bond donors (Lipinski definition) is 2. The number of benzene rings is 1. The van der Waals surface area contributed by atoms with Crippen molar-refractivity contribution in [2.24, 2.45) is 17.7 Å². The van der Waals surface area contributed by atoms with E-state index in [1.165, 1.54) is 0 Å². The number of carbonyl (C=O) groups is 2. The van der Waals surface area contributed by atoms with Crippen LogP contribution in [0.15, 0.2) is 30.2 Å². The molecule has 0 aromatic heterocycles. The minimum absolute atomic E-state index is 0.949. The van der Waals surface area contributed by atoms with Crippen molar-refractivity contribution in [1.82, 2.24) is 5.32 Å². The Bertz CT molecular complexity index is 1460. The summed E-state index contributed by atoms with van der Waals surface area (Å²) in [6, 6.07) is -11.0. The summed E-state index contributed by atoms with van der Waals surface area (Å²) in [6.45, 7) is -8.87. The zero-order chi connectivity index (χ0) is 38.8. The number of rotatable bonds is 6. The van der Waals surface area contributed by atoms with Crippen molar-refractivity contribution in [1.29, 1.82) is 0 Å². The first kappa shape index (κ1) is 3.87. The summed E-state index contributed by atoms with van der Waals surface area (Å²) in [4.78, 5) is 26.1. The van der Waals surface area contributed by atoms with Crippen molar-refractivity contribution in [2.75, 3.05) is 0 Å². The molecule has 0 saturated heterocycles. The maximum absolute atomic E-state index is 13.7. The zero-order valence-electron chi connectivity index (χ0n) is 36.3. The van der Waals surface area contributed by atoms with E-state index in [9.17, 15) is 14.7 Å². The highest BCUT2D eigenvalue weighted by atomic mass is 16.4. The molecule has 1 aliphatic rings. The summed E-state index contributed by atoms with van der Waals surface area (Å²) >= 11 is 0. The van der Waals surface area contributed by atoms with Gasteiger partial charge in [0.1, 0.15) is 6.02 Å². The van der Waals surface area contributed by atoms with Gasteiger partial charge in [0, 0.05) is 38.3 Å². The SMILES string of the molecule is [2H]c1c([2H])c([2H])c(C([2H])([2H])[C@]([2H])(NC(=O)C2([2H])C([2H])([2H])C([2H])([2H])C([2H])(C([2H])(C([2H])([2H])[2H])C([2H])([2H])[2H])C([2H])([2H])C2([2H])[2H])C(=O)O)c([2H])c1[2H]. The lowest BCUT2D eigenvalue weighted by atomic mass is 9.76. The highest BCUT2D eigenvalue weighted by Gasteiger charge is 2.30. The maximum Gasteiger partial charge on any atom is 0.326 e. The first-order valence-corrected chi connectivity index (χ1v) is 5.88. The number of amides is 1. The zero-order valence-corrected chi connectivity index (χ0v) is 11.3. The largest absolute Gasteiger partial charge is 0.480 e. The van der Waals surface area contributed by atoms with Crippen molar-refractivity contribution in [3.05, 3.63) is 35.8 Å².